The van der Waals surface area contributed by atoms with Crippen LogP contribution >= 0.6 is 0 Å². The van der Waals surface area contributed by atoms with Gasteiger partial charge in [0.05, 0.1) is 13.2 Å². The molecule has 0 amide bonds. The van der Waals surface area contributed by atoms with Gasteiger partial charge in [-0.3, -0.25) is 4.99 Å². The summed E-state index contributed by atoms with van der Waals surface area (Å²) in [6.07, 6.45) is 7.97. The normalized spacial score (nSPS) is 21.3. The molecule has 2 rings (SSSR count). The molecule has 0 radical (unpaired) electrons. The van der Waals surface area contributed by atoms with Gasteiger partial charge in [0.1, 0.15) is 0 Å². The van der Waals surface area contributed by atoms with Crippen LogP contribution in [0.2, 0.25) is 0 Å². The van der Waals surface area contributed by atoms with Gasteiger partial charge in [0.25, 0.3) is 0 Å². The van der Waals surface area contributed by atoms with E-state index in [2.05, 4.69) is 22.5 Å². The lowest BCUT2D eigenvalue weighted by atomic mass is 10.2. The van der Waals surface area contributed by atoms with Gasteiger partial charge in [-0.25, -0.2) is 0 Å². The van der Waals surface area contributed by atoms with Crippen molar-refractivity contribution in [1.29, 1.82) is 0 Å². The Morgan fingerprint density at radius 1 is 1.22 bits per heavy atom. The molecule has 4 nitrogen and oxygen atoms in total. The minimum Gasteiger partial charge on any atom is -0.379 e. The largest absolute Gasteiger partial charge is 0.379 e. The highest BCUT2D eigenvalue weighted by Crippen LogP contribution is 2.28. The Kier molecular flexibility index (Phi) is 5.78. The van der Waals surface area contributed by atoms with Gasteiger partial charge in [-0.15, -0.1) is 0 Å². The number of hydrogen-bond donors (Lipinski definition) is 2. The summed E-state index contributed by atoms with van der Waals surface area (Å²) in [7, 11) is 0. The summed E-state index contributed by atoms with van der Waals surface area (Å²) in [4.78, 5) is 4.56. The maximum Gasteiger partial charge on any atom is 0.191 e. The molecule has 0 aromatic heterocycles. The molecule has 0 atom stereocenters. The van der Waals surface area contributed by atoms with Crippen molar-refractivity contribution >= 4 is 5.96 Å². The van der Waals surface area contributed by atoms with Crippen molar-refractivity contribution in [2.75, 3.05) is 26.3 Å². The molecular formula is C14H27N3O. The first-order valence-electron chi connectivity index (χ1n) is 7.51. The fourth-order valence-corrected chi connectivity index (χ4v) is 2.34. The van der Waals surface area contributed by atoms with E-state index in [1.165, 1.54) is 38.5 Å². The second-order valence-electron chi connectivity index (χ2n) is 5.40. The van der Waals surface area contributed by atoms with Crippen LogP contribution in [0.3, 0.4) is 0 Å². The lowest BCUT2D eigenvalue weighted by Crippen LogP contribution is -2.42. The molecule has 2 N–H and O–H groups in total. The van der Waals surface area contributed by atoms with E-state index in [-0.39, 0.29) is 0 Å². The number of ether oxygens (including phenoxy) is 1. The highest BCUT2D eigenvalue weighted by Gasteiger charge is 2.20. The van der Waals surface area contributed by atoms with Crippen LogP contribution in [0, 0.1) is 5.92 Å². The van der Waals surface area contributed by atoms with Gasteiger partial charge in [0, 0.05) is 19.2 Å². The van der Waals surface area contributed by atoms with Crippen molar-refractivity contribution < 1.29 is 4.74 Å². The van der Waals surface area contributed by atoms with E-state index in [0.717, 1.165) is 38.2 Å². The van der Waals surface area contributed by atoms with Crippen LogP contribution < -0.4 is 10.6 Å². The fourth-order valence-electron chi connectivity index (χ4n) is 2.34. The predicted molar refractivity (Wildman–Crippen MR) is 74.9 cm³/mol. The zero-order valence-corrected chi connectivity index (χ0v) is 11.6. The molecule has 2 aliphatic rings. The fraction of sp³-hybridized carbons (Fsp3) is 0.929. The average Bonchev–Trinajstić information content (AvgIpc) is 3.05. The van der Waals surface area contributed by atoms with Crippen molar-refractivity contribution in [3.05, 3.63) is 0 Å². The van der Waals surface area contributed by atoms with E-state index in [9.17, 15) is 0 Å². The Morgan fingerprint density at radius 3 is 2.67 bits per heavy atom. The van der Waals surface area contributed by atoms with Gasteiger partial charge in [0.2, 0.25) is 0 Å². The number of hydrogen-bond acceptors (Lipinski definition) is 2. The van der Waals surface area contributed by atoms with Crippen molar-refractivity contribution in [3.63, 3.8) is 0 Å². The summed E-state index contributed by atoms with van der Waals surface area (Å²) in [5.41, 5.74) is 0. The lowest BCUT2D eigenvalue weighted by molar-refractivity contribution is 0.131. The van der Waals surface area contributed by atoms with Gasteiger partial charge in [0.15, 0.2) is 5.96 Å². The summed E-state index contributed by atoms with van der Waals surface area (Å²) < 4.78 is 5.59. The molecule has 2 aliphatic carbocycles. The standard InChI is InChI=1S/C14H27N3O/c1-2-15-14(17-13-5-3-4-6-13)16-9-10-18-11-12-7-8-12/h12-13H,2-11H2,1H3,(H2,15,16,17). The van der Waals surface area contributed by atoms with Crippen LogP contribution in [-0.2, 0) is 4.74 Å². The SMILES string of the molecule is CCNC(=NCCOCC1CC1)NC1CCCC1. The van der Waals surface area contributed by atoms with Crippen LogP contribution in [0.4, 0.5) is 0 Å². The average molecular weight is 253 g/mol. The van der Waals surface area contributed by atoms with Gasteiger partial charge in [-0.2, -0.15) is 0 Å². The molecule has 104 valence electrons. The van der Waals surface area contributed by atoms with Crippen LogP contribution in [0.1, 0.15) is 45.4 Å². The number of guanidine groups is 1. The Morgan fingerprint density at radius 2 is 2.00 bits per heavy atom. The molecule has 2 saturated carbocycles. The topological polar surface area (TPSA) is 45.7 Å². The Labute approximate surface area is 111 Å². The highest BCUT2D eigenvalue weighted by atomic mass is 16.5. The van der Waals surface area contributed by atoms with E-state index in [0.29, 0.717) is 6.04 Å². The number of rotatable bonds is 7. The van der Waals surface area contributed by atoms with Gasteiger partial charge in [-0.1, -0.05) is 12.8 Å². The number of nitrogens with one attached hydrogen (secondary N) is 2. The molecule has 0 heterocycles. The van der Waals surface area contributed by atoms with Crippen LogP contribution in [0.25, 0.3) is 0 Å². The third kappa shape index (κ3) is 5.25. The zero-order valence-electron chi connectivity index (χ0n) is 11.6. The molecule has 0 aromatic carbocycles. The van der Waals surface area contributed by atoms with E-state index >= 15 is 0 Å². The maximum atomic E-state index is 5.59. The Bertz CT molecular complexity index is 258. The molecule has 0 saturated heterocycles. The molecule has 18 heavy (non-hydrogen) atoms. The molecule has 0 spiro atoms. The highest BCUT2D eigenvalue weighted by molar-refractivity contribution is 5.80. The summed E-state index contributed by atoms with van der Waals surface area (Å²) in [6.45, 7) is 5.46. The molecule has 0 bridgehead atoms. The smallest absolute Gasteiger partial charge is 0.191 e. The quantitative estimate of drug-likeness (QED) is 0.414. The first-order valence-corrected chi connectivity index (χ1v) is 7.51. The molecular weight excluding hydrogens is 226 g/mol. The Hall–Kier alpha value is -0.770. The number of nitrogens with zero attached hydrogens (tertiary/aromatic N) is 1. The van der Waals surface area contributed by atoms with E-state index in [1.54, 1.807) is 0 Å². The second-order valence-corrected chi connectivity index (χ2v) is 5.40. The van der Waals surface area contributed by atoms with E-state index in [4.69, 9.17) is 4.74 Å². The van der Waals surface area contributed by atoms with Gasteiger partial charge >= 0.3 is 0 Å². The maximum absolute atomic E-state index is 5.59. The van der Waals surface area contributed by atoms with Crippen molar-refractivity contribution in [1.82, 2.24) is 10.6 Å². The summed E-state index contributed by atoms with van der Waals surface area (Å²) in [6, 6.07) is 0.621. The number of aliphatic imine (C=N–C) groups is 1. The third-order valence-electron chi connectivity index (χ3n) is 3.60. The van der Waals surface area contributed by atoms with Crippen LogP contribution in [-0.4, -0.2) is 38.3 Å². The minimum absolute atomic E-state index is 0.621. The van der Waals surface area contributed by atoms with Gasteiger partial charge < -0.3 is 15.4 Å². The van der Waals surface area contributed by atoms with Gasteiger partial charge in [-0.05, 0) is 38.5 Å². The van der Waals surface area contributed by atoms with E-state index in [1.807, 2.05) is 0 Å². The zero-order chi connectivity index (χ0) is 12.6. The van der Waals surface area contributed by atoms with E-state index < -0.39 is 0 Å². The van der Waals surface area contributed by atoms with Crippen LogP contribution in [0.5, 0.6) is 0 Å². The Balaban J connectivity index is 1.61. The molecule has 0 unspecified atom stereocenters. The lowest BCUT2D eigenvalue weighted by Gasteiger charge is -2.16. The monoisotopic (exact) mass is 253 g/mol. The van der Waals surface area contributed by atoms with Crippen molar-refractivity contribution in [2.24, 2.45) is 10.9 Å². The molecule has 0 aliphatic heterocycles. The summed E-state index contributed by atoms with van der Waals surface area (Å²) in [5, 5.41) is 6.82. The molecule has 2 fully saturated rings. The van der Waals surface area contributed by atoms with Crippen LogP contribution in [0.15, 0.2) is 4.99 Å². The second kappa shape index (κ2) is 7.62. The van der Waals surface area contributed by atoms with Crippen molar-refractivity contribution in [2.45, 2.75) is 51.5 Å². The molecule has 4 heteroatoms. The molecule has 0 aromatic rings. The predicted octanol–water partition coefficient (Wildman–Crippen LogP) is 1.91. The summed E-state index contributed by atoms with van der Waals surface area (Å²) in [5.74, 6) is 1.80. The third-order valence-corrected chi connectivity index (χ3v) is 3.60. The minimum atomic E-state index is 0.621. The summed E-state index contributed by atoms with van der Waals surface area (Å²) >= 11 is 0. The van der Waals surface area contributed by atoms with Crippen molar-refractivity contribution in [3.8, 4) is 0 Å². The first kappa shape index (κ1) is 13.7. The first-order chi connectivity index (χ1) is 8.88.